The fourth-order valence-electron chi connectivity index (χ4n) is 1.73. The van der Waals surface area contributed by atoms with Crippen LogP contribution < -0.4 is 15.8 Å². The van der Waals surface area contributed by atoms with Crippen LogP contribution in [0.5, 0.6) is 0 Å². The normalized spacial score (nSPS) is 15.0. The Morgan fingerprint density at radius 1 is 1.29 bits per heavy atom. The number of halogens is 2. The number of hydrogen-bond donors (Lipinski definition) is 3. The Morgan fingerprint density at radius 3 is 2.38 bits per heavy atom. The molecule has 1 aliphatic rings. The zero-order valence-corrected chi connectivity index (χ0v) is 11.8. The van der Waals surface area contributed by atoms with E-state index in [-0.39, 0.29) is 30.6 Å². The molecule has 0 radical (unpaired) electrons. The maximum atomic E-state index is 13.6. The zero-order valence-electron chi connectivity index (χ0n) is 11.0. The van der Waals surface area contributed by atoms with Gasteiger partial charge in [-0.05, 0) is 25.0 Å². The van der Waals surface area contributed by atoms with Crippen molar-refractivity contribution in [3.63, 3.8) is 0 Å². The largest absolute Gasteiger partial charge is 0.399 e. The minimum absolute atomic E-state index is 0.103. The van der Waals surface area contributed by atoms with Crippen molar-refractivity contribution in [2.24, 2.45) is 0 Å². The van der Waals surface area contributed by atoms with Gasteiger partial charge in [-0.3, -0.25) is 4.79 Å². The summed E-state index contributed by atoms with van der Waals surface area (Å²) >= 11 is 0. The third kappa shape index (κ3) is 4.11. The second-order valence-corrected chi connectivity index (χ2v) is 6.51. The van der Waals surface area contributed by atoms with Crippen molar-refractivity contribution in [2.75, 3.05) is 12.3 Å². The summed E-state index contributed by atoms with van der Waals surface area (Å²) in [6, 6.07) is 1.61. The van der Waals surface area contributed by atoms with Crippen molar-refractivity contribution in [1.82, 2.24) is 10.0 Å². The number of nitrogen functional groups attached to an aromatic ring is 1. The lowest BCUT2D eigenvalue weighted by molar-refractivity contribution is -0.121. The number of rotatable bonds is 6. The molecule has 6 nitrogen and oxygen atoms in total. The van der Waals surface area contributed by atoms with E-state index >= 15 is 0 Å². The number of nitrogens with two attached hydrogens (primary N) is 1. The first-order valence-corrected chi connectivity index (χ1v) is 7.81. The van der Waals surface area contributed by atoms with E-state index in [0.717, 1.165) is 25.0 Å². The van der Waals surface area contributed by atoms with Crippen LogP contribution in [0.15, 0.2) is 17.0 Å². The minimum Gasteiger partial charge on any atom is -0.399 e. The predicted octanol–water partition coefficient (Wildman–Crippen LogP) is 0.494. The van der Waals surface area contributed by atoms with Crippen LogP contribution in [0.3, 0.4) is 0 Å². The second-order valence-electron chi connectivity index (χ2n) is 4.80. The molecule has 0 saturated heterocycles. The molecule has 0 aromatic heterocycles. The number of carbonyl (C=O) groups is 1. The Kier molecular flexibility index (Phi) is 4.43. The number of carbonyl (C=O) groups excluding carboxylic acids is 1. The topological polar surface area (TPSA) is 101 Å². The third-order valence-corrected chi connectivity index (χ3v) is 4.39. The van der Waals surface area contributed by atoms with E-state index in [1.807, 2.05) is 4.72 Å². The fraction of sp³-hybridized carbons (Fsp3) is 0.417. The molecule has 0 unspecified atom stereocenters. The van der Waals surface area contributed by atoms with Gasteiger partial charge in [0, 0.05) is 24.7 Å². The molecular formula is C12H15F2N3O3S. The molecule has 4 N–H and O–H groups in total. The number of amides is 1. The summed E-state index contributed by atoms with van der Waals surface area (Å²) in [5, 5.41) is 2.67. The maximum Gasteiger partial charge on any atom is 0.246 e. The van der Waals surface area contributed by atoms with Crippen LogP contribution in [0.1, 0.15) is 19.3 Å². The molecule has 21 heavy (non-hydrogen) atoms. The second kappa shape index (κ2) is 5.94. The highest BCUT2D eigenvalue weighted by atomic mass is 32.2. The van der Waals surface area contributed by atoms with Gasteiger partial charge in [-0.25, -0.2) is 21.9 Å². The monoisotopic (exact) mass is 319 g/mol. The van der Waals surface area contributed by atoms with Gasteiger partial charge in [0.15, 0.2) is 4.90 Å². The van der Waals surface area contributed by atoms with Gasteiger partial charge < -0.3 is 11.1 Å². The molecular weight excluding hydrogens is 304 g/mol. The Bertz CT molecular complexity index is 637. The summed E-state index contributed by atoms with van der Waals surface area (Å²) in [5.41, 5.74) is 5.00. The fourth-order valence-corrected chi connectivity index (χ4v) is 2.88. The van der Waals surface area contributed by atoms with E-state index < -0.39 is 26.6 Å². The van der Waals surface area contributed by atoms with Crippen molar-refractivity contribution in [3.05, 3.63) is 23.8 Å². The van der Waals surface area contributed by atoms with E-state index in [2.05, 4.69) is 5.32 Å². The smallest absolute Gasteiger partial charge is 0.246 e. The average molecular weight is 319 g/mol. The molecule has 0 atom stereocenters. The van der Waals surface area contributed by atoms with Crippen LogP contribution in [0.2, 0.25) is 0 Å². The highest BCUT2D eigenvalue weighted by Gasteiger charge is 2.26. The van der Waals surface area contributed by atoms with Gasteiger partial charge in [-0.1, -0.05) is 0 Å². The quantitative estimate of drug-likeness (QED) is 0.664. The van der Waals surface area contributed by atoms with Gasteiger partial charge in [0.2, 0.25) is 15.9 Å². The molecule has 0 bridgehead atoms. The number of sulfonamides is 1. The van der Waals surface area contributed by atoms with Crippen molar-refractivity contribution in [2.45, 2.75) is 30.2 Å². The van der Waals surface area contributed by atoms with E-state index in [1.54, 1.807) is 0 Å². The molecule has 1 aliphatic carbocycles. The lowest BCUT2D eigenvalue weighted by atomic mass is 10.3. The van der Waals surface area contributed by atoms with Crippen molar-refractivity contribution in [1.29, 1.82) is 0 Å². The Labute approximate surface area is 120 Å². The lowest BCUT2D eigenvalue weighted by Gasteiger charge is -2.09. The van der Waals surface area contributed by atoms with Gasteiger partial charge in [0.25, 0.3) is 0 Å². The summed E-state index contributed by atoms with van der Waals surface area (Å²) < 4.78 is 52.8. The first-order chi connectivity index (χ1) is 9.79. The number of hydrogen-bond acceptors (Lipinski definition) is 4. The molecule has 1 amide bonds. The minimum atomic E-state index is -4.38. The standard InChI is InChI=1S/C12H15F2N3O3S/c13-9-5-7(15)6-10(14)12(9)21(19,20)16-4-3-11(18)17-8-1-2-8/h5-6,8,16H,1-4,15H2,(H,17,18). The SMILES string of the molecule is Nc1cc(F)c(S(=O)(=O)NCCC(=O)NC2CC2)c(F)c1. The van der Waals surface area contributed by atoms with Crippen LogP contribution in [0, 0.1) is 11.6 Å². The first kappa shape index (κ1) is 15.6. The summed E-state index contributed by atoms with van der Waals surface area (Å²) in [7, 11) is -4.38. The maximum absolute atomic E-state index is 13.6. The van der Waals surface area contributed by atoms with Crippen LogP contribution in [-0.2, 0) is 14.8 Å². The summed E-state index contributed by atoms with van der Waals surface area (Å²) in [6.45, 7) is -0.246. The van der Waals surface area contributed by atoms with E-state index in [0.29, 0.717) is 0 Å². The zero-order chi connectivity index (χ0) is 15.6. The number of nitrogens with one attached hydrogen (secondary N) is 2. The number of anilines is 1. The molecule has 9 heteroatoms. The van der Waals surface area contributed by atoms with Gasteiger partial charge in [0.05, 0.1) is 0 Å². The van der Waals surface area contributed by atoms with Gasteiger partial charge in [0.1, 0.15) is 11.6 Å². The van der Waals surface area contributed by atoms with Gasteiger partial charge in [-0.15, -0.1) is 0 Å². The lowest BCUT2D eigenvalue weighted by Crippen LogP contribution is -2.32. The third-order valence-electron chi connectivity index (χ3n) is 2.88. The Hall–Kier alpha value is -1.74. The summed E-state index contributed by atoms with van der Waals surface area (Å²) in [4.78, 5) is 10.3. The van der Waals surface area contributed by atoms with E-state index in [1.165, 1.54) is 0 Å². The first-order valence-electron chi connectivity index (χ1n) is 6.33. The van der Waals surface area contributed by atoms with Crippen LogP contribution in [0.25, 0.3) is 0 Å². The molecule has 0 heterocycles. The highest BCUT2D eigenvalue weighted by molar-refractivity contribution is 7.89. The Balaban J connectivity index is 1.99. The molecule has 116 valence electrons. The average Bonchev–Trinajstić information content (AvgIpc) is 3.10. The molecule has 2 rings (SSSR count). The van der Waals surface area contributed by atoms with Crippen LogP contribution >= 0.6 is 0 Å². The van der Waals surface area contributed by atoms with Crippen molar-refractivity contribution in [3.8, 4) is 0 Å². The molecule has 0 spiro atoms. The summed E-state index contributed by atoms with van der Waals surface area (Å²) in [5.74, 6) is -2.86. The summed E-state index contributed by atoms with van der Waals surface area (Å²) in [6.07, 6.45) is 1.73. The van der Waals surface area contributed by atoms with Crippen LogP contribution in [-0.4, -0.2) is 26.9 Å². The predicted molar refractivity (Wildman–Crippen MR) is 71.7 cm³/mol. The Morgan fingerprint density at radius 2 is 1.86 bits per heavy atom. The molecule has 1 aromatic rings. The molecule has 1 fully saturated rings. The number of benzene rings is 1. The van der Waals surface area contributed by atoms with E-state index in [9.17, 15) is 22.0 Å². The molecule has 1 aromatic carbocycles. The van der Waals surface area contributed by atoms with Gasteiger partial charge >= 0.3 is 0 Å². The molecule has 1 saturated carbocycles. The highest BCUT2D eigenvalue weighted by Crippen LogP contribution is 2.21. The van der Waals surface area contributed by atoms with Crippen molar-refractivity contribution >= 4 is 21.6 Å². The molecule has 0 aliphatic heterocycles. The van der Waals surface area contributed by atoms with Crippen molar-refractivity contribution < 1.29 is 22.0 Å². The van der Waals surface area contributed by atoms with Gasteiger partial charge in [-0.2, -0.15) is 0 Å². The van der Waals surface area contributed by atoms with E-state index in [4.69, 9.17) is 5.73 Å². The van der Waals surface area contributed by atoms with Crippen LogP contribution in [0.4, 0.5) is 14.5 Å².